The van der Waals surface area contributed by atoms with Gasteiger partial charge in [0.15, 0.2) is 5.78 Å². The Labute approximate surface area is 96.8 Å². The molecule has 0 spiro atoms. The summed E-state index contributed by atoms with van der Waals surface area (Å²) in [6.07, 6.45) is 0.397. The van der Waals surface area contributed by atoms with E-state index in [1.807, 2.05) is 6.92 Å². The molecule has 4 heteroatoms. The Morgan fingerprint density at radius 2 is 2.00 bits per heavy atom. The van der Waals surface area contributed by atoms with Gasteiger partial charge in [-0.25, -0.2) is 4.79 Å². The molecule has 3 rings (SSSR count). The number of hydrogen-bond donors (Lipinski definition) is 0. The van der Waals surface area contributed by atoms with Gasteiger partial charge in [-0.05, 0) is 18.6 Å². The van der Waals surface area contributed by atoms with Crippen molar-refractivity contribution in [1.82, 2.24) is 0 Å². The van der Waals surface area contributed by atoms with Gasteiger partial charge in [-0.1, -0.05) is 0 Å². The molecular formula is C13H10O4. The number of ether oxygens (including phenoxy) is 1. The van der Waals surface area contributed by atoms with E-state index < -0.39 is 5.63 Å². The van der Waals surface area contributed by atoms with Crippen LogP contribution in [-0.2, 0) is 0 Å². The minimum absolute atomic E-state index is 0.0683. The smallest absolute Gasteiger partial charge is 0.336 e. The second-order valence-electron chi connectivity index (χ2n) is 4.11. The molecule has 4 nitrogen and oxygen atoms in total. The van der Waals surface area contributed by atoms with E-state index in [0.717, 1.165) is 10.9 Å². The average Bonchev–Trinajstić information content (AvgIpc) is 2.27. The van der Waals surface area contributed by atoms with Crippen LogP contribution >= 0.6 is 0 Å². The van der Waals surface area contributed by atoms with Crippen LogP contribution in [0.1, 0.15) is 22.3 Å². The molecule has 0 saturated carbocycles. The van der Waals surface area contributed by atoms with Gasteiger partial charge in [-0.2, -0.15) is 0 Å². The zero-order valence-corrected chi connectivity index (χ0v) is 9.28. The number of carbonyl (C=O) groups is 1. The van der Waals surface area contributed by atoms with Crippen molar-refractivity contribution in [1.29, 1.82) is 0 Å². The lowest BCUT2D eigenvalue weighted by atomic mass is 10.0. The standard InChI is InChI=1S/C13H10O4/c1-7-4-13(15)17-12-6-11-9(5-8(7)12)10(14)2-3-16-11/h4-6H,2-3H2,1H3. The normalized spacial score (nSPS) is 14.5. The van der Waals surface area contributed by atoms with Crippen molar-refractivity contribution in [3.63, 3.8) is 0 Å². The van der Waals surface area contributed by atoms with Gasteiger partial charge < -0.3 is 9.15 Å². The quantitative estimate of drug-likeness (QED) is 0.650. The molecule has 0 bridgehead atoms. The molecule has 17 heavy (non-hydrogen) atoms. The first-order valence-corrected chi connectivity index (χ1v) is 5.39. The van der Waals surface area contributed by atoms with Crippen LogP contribution < -0.4 is 10.4 Å². The SMILES string of the molecule is Cc1cc(=O)oc2cc3c(cc12)C(=O)CCO3. The van der Waals surface area contributed by atoms with Crippen LogP contribution in [0.25, 0.3) is 11.0 Å². The molecule has 0 saturated heterocycles. The third-order valence-electron chi connectivity index (χ3n) is 2.94. The molecule has 86 valence electrons. The van der Waals surface area contributed by atoms with Crippen molar-refractivity contribution in [3.8, 4) is 5.75 Å². The Morgan fingerprint density at radius 3 is 2.82 bits per heavy atom. The summed E-state index contributed by atoms with van der Waals surface area (Å²) in [4.78, 5) is 23.0. The molecule has 1 aliphatic rings. The molecule has 0 fully saturated rings. The van der Waals surface area contributed by atoms with Crippen LogP contribution in [0.5, 0.6) is 5.75 Å². The zero-order valence-electron chi connectivity index (χ0n) is 9.28. The number of ketones is 1. The molecule has 2 aromatic rings. The van der Waals surface area contributed by atoms with E-state index in [-0.39, 0.29) is 5.78 Å². The minimum atomic E-state index is -0.392. The summed E-state index contributed by atoms with van der Waals surface area (Å²) in [7, 11) is 0. The molecule has 1 aromatic heterocycles. The highest BCUT2D eigenvalue weighted by atomic mass is 16.5. The van der Waals surface area contributed by atoms with E-state index in [1.165, 1.54) is 6.07 Å². The molecule has 1 aromatic carbocycles. The van der Waals surface area contributed by atoms with Gasteiger partial charge in [0.05, 0.1) is 12.2 Å². The molecule has 0 unspecified atom stereocenters. The largest absolute Gasteiger partial charge is 0.492 e. The van der Waals surface area contributed by atoms with Gasteiger partial charge in [0.1, 0.15) is 11.3 Å². The Kier molecular flexibility index (Phi) is 2.04. The number of Topliss-reactive ketones (excluding diaryl/α,β-unsaturated/α-hetero) is 1. The molecule has 0 atom stereocenters. The monoisotopic (exact) mass is 230 g/mol. The number of hydrogen-bond acceptors (Lipinski definition) is 4. The number of rotatable bonds is 0. The Balaban J connectivity index is 2.39. The van der Waals surface area contributed by atoms with Crippen LogP contribution in [0.4, 0.5) is 0 Å². The van der Waals surface area contributed by atoms with Gasteiger partial charge in [-0.3, -0.25) is 4.79 Å². The summed E-state index contributed by atoms with van der Waals surface area (Å²) in [5, 5.41) is 0.780. The predicted molar refractivity (Wildman–Crippen MR) is 61.7 cm³/mol. The van der Waals surface area contributed by atoms with Gasteiger partial charge in [0.25, 0.3) is 0 Å². The maximum absolute atomic E-state index is 11.7. The fraction of sp³-hybridized carbons (Fsp3) is 0.231. The van der Waals surface area contributed by atoms with Crippen LogP contribution in [0.2, 0.25) is 0 Å². The molecule has 1 aliphatic heterocycles. The van der Waals surface area contributed by atoms with Crippen molar-refractivity contribution >= 4 is 16.8 Å². The lowest BCUT2D eigenvalue weighted by Crippen LogP contribution is -2.15. The van der Waals surface area contributed by atoms with Gasteiger partial charge in [0, 0.05) is 23.9 Å². The minimum Gasteiger partial charge on any atom is -0.492 e. The molecule has 2 heterocycles. The van der Waals surface area contributed by atoms with Gasteiger partial charge in [-0.15, -0.1) is 0 Å². The number of carbonyl (C=O) groups excluding carboxylic acids is 1. The number of aryl methyl sites for hydroxylation is 1. The summed E-state index contributed by atoms with van der Waals surface area (Å²) in [6.45, 7) is 2.20. The summed E-state index contributed by atoms with van der Waals surface area (Å²) in [5.74, 6) is 0.571. The first-order valence-electron chi connectivity index (χ1n) is 5.39. The van der Waals surface area contributed by atoms with E-state index >= 15 is 0 Å². The van der Waals surface area contributed by atoms with Crippen molar-refractivity contribution < 1.29 is 13.9 Å². The third kappa shape index (κ3) is 1.53. The van der Waals surface area contributed by atoms with Crippen LogP contribution in [-0.4, -0.2) is 12.4 Å². The highest BCUT2D eigenvalue weighted by Crippen LogP contribution is 2.30. The maximum Gasteiger partial charge on any atom is 0.336 e. The first kappa shape index (κ1) is 10.1. The number of fused-ring (bicyclic) bond motifs is 2. The van der Waals surface area contributed by atoms with Gasteiger partial charge in [0.2, 0.25) is 0 Å². The van der Waals surface area contributed by atoms with Crippen molar-refractivity contribution in [2.24, 2.45) is 0 Å². The van der Waals surface area contributed by atoms with E-state index in [9.17, 15) is 9.59 Å². The molecule has 0 N–H and O–H groups in total. The highest BCUT2D eigenvalue weighted by molar-refractivity contribution is 6.03. The Hall–Kier alpha value is -2.10. The third-order valence-corrected chi connectivity index (χ3v) is 2.94. The second-order valence-corrected chi connectivity index (χ2v) is 4.11. The fourth-order valence-electron chi connectivity index (χ4n) is 2.07. The van der Waals surface area contributed by atoms with E-state index in [4.69, 9.17) is 9.15 Å². The second kappa shape index (κ2) is 3.45. The van der Waals surface area contributed by atoms with Crippen molar-refractivity contribution in [3.05, 3.63) is 39.7 Å². The zero-order chi connectivity index (χ0) is 12.0. The van der Waals surface area contributed by atoms with Crippen LogP contribution in [0.3, 0.4) is 0 Å². The molecule has 0 amide bonds. The van der Waals surface area contributed by atoms with Gasteiger partial charge >= 0.3 is 5.63 Å². The lowest BCUT2D eigenvalue weighted by Gasteiger charge is -2.16. The topological polar surface area (TPSA) is 56.5 Å². The van der Waals surface area contributed by atoms with Crippen molar-refractivity contribution in [2.45, 2.75) is 13.3 Å². The average molecular weight is 230 g/mol. The van der Waals surface area contributed by atoms with E-state index in [2.05, 4.69) is 0 Å². The molecular weight excluding hydrogens is 220 g/mol. The van der Waals surface area contributed by atoms with E-state index in [1.54, 1.807) is 12.1 Å². The Bertz CT molecular complexity index is 682. The Morgan fingerprint density at radius 1 is 1.18 bits per heavy atom. The summed E-state index contributed by atoms with van der Waals surface area (Å²) < 4.78 is 10.5. The summed E-state index contributed by atoms with van der Waals surface area (Å²) >= 11 is 0. The number of benzene rings is 1. The van der Waals surface area contributed by atoms with Crippen LogP contribution in [0.15, 0.2) is 27.4 Å². The summed E-state index contributed by atoms with van der Waals surface area (Å²) in [6, 6.07) is 4.78. The lowest BCUT2D eigenvalue weighted by molar-refractivity contribution is 0.0934. The fourth-order valence-corrected chi connectivity index (χ4v) is 2.07. The maximum atomic E-state index is 11.7. The van der Waals surface area contributed by atoms with Crippen LogP contribution in [0, 0.1) is 6.92 Å². The molecule has 0 aliphatic carbocycles. The molecule has 0 radical (unpaired) electrons. The highest BCUT2D eigenvalue weighted by Gasteiger charge is 2.20. The van der Waals surface area contributed by atoms with Crippen molar-refractivity contribution in [2.75, 3.05) is 6.61 Å². The van der Waals surface area contributed by atoms with E-state index in [0.29, 0.717) is 29.9 Å². The predicted octanol–water partition coefficient (Wildman–Crippen LogP) is 2.07. The summed E-state index contributed by atoms with van der Waals surface area (Å²) in [5.41, 5.74) is 1.44. The first-order chi connectivity index (χ1) is 8.15.